The van der Waals surface area contributed by atoms with Crippen LogP contribution in [-0.2, 0) is 13.0 Å². The lowest BCUT2D eigenvalue weighted by molar-refractivity contribution is 0.248. The molecule has 0 aromatic carbocycles. The summed E-state index contributed by atoms with van der Waals surface area (Å²) in [5.41, 5.74) is 1.44. The fourth-order valence-corrected chi connectivity index (χ4v) is 4.01. The number of nitrogens with zero attached hydrogens (tertiary/aromatic N) is 4. The van der Waals surface area contributed by atoms with Crippen LogP contribution in [0.5, 0.6) is 0 Å². The molecule has 0 aliphatic carbocycles. The van der Waals surface area contributed by atoms with Gasteiger partial charge in [0.15, 0.2) is 5.82 Å². The molecule has 1 aliphatic heterocycles. The van der Waals surface area contributed by atoms with Gasteiger partial charge in [-0.1, -0.05) is 11.6 Å². The van der Waals surface area contributed by atoms with Crippen LogP contribution < -0.4 is 10.6 Å². The quantitative estimate of drug-likeness (QED) is 0.710. The molecule has 0 radical (unpaired) electrons. The SMILES string of the molecule is CC(NC(=O)Nc1ccc(-c2ccc(Cl)s2)nc1)c1nnc2n1CCC2. The summed E-state index contributed by atoms with van der Waals surface area (Å²) in [7, 11) is 0. The number of hydrogen-bond donors (Lipinski definition) is 2. The fraction of sp³-hybridized carbons (Fsp3) is 0.294. The second-order valence-corrected chi connectivity index (χ2v) is 7.80. The third-order valence-corrected chi connectivity index (χ3v) is 5.47. The van der Waals surface area contributed by atoms with Gasteiger partial charge >= 0.3 is 6.03 Å². The molecule has 0 fully saturated rings. The number of aryl methyl sites for hydroxylation is 1. The number of urea groups is 1. The zero-order valence-corrected chi connectivity index (χ0v) is 15.6. The Kier molecular flexibility index (Phi) is 4.60. The van der Waals surface area contributed by atoms with E-state index in [2.05, 4.69) is 30.4 Å². The van der Waals surface area contributed by atoms with Gasteiger partial charge in [0, 0.05) is 13.0 Å². The minimum Gasteiger partial charge on any atom is -0.328 e. The van der Waals surface area contributed by atoms with Gasteiger partial charge in [0.2, 0.25) is 0 Å². The van der Waals surface area contributed by atoms with Crippen molar-refractivity contribution in [2.24, 2.45) is 0 Å². The van der Waals surface area contributed by atoms with E-state index in [1.54, 1.807) is 6.20 Å². The molecule has 134 valence electrons. The monoisotopic (exact) mass is 388 g/mol. The molecule has 7 nitrogen and oxygen atoms in total. The molecule has 0 bridgehead atoms. The molecule has 4 heterocycles. The first kappa shape index (κ1) is 17.0. The highest BCUT2D eigenvalue weighted by atomic mass is 35.5. The van der Waals surface area contributed by atoms with Crippen LogP contribution in [0.25, 0.3) is 10.6 Å². The first-order valence-corrected chi connectivity index (χ1v) is 9.51. The first-order valence-electron chi connectivity index (χ1n) is 8.31. The molecule has 0 spiro atoms. The largest absolute Gasteiger partial charge is 0.328 e. The van der Waals surface area contributed by atoms with Crippen LogP contribution >= 0.6 is 22.9 Å². The van der Waals surface area contributed by atoms with Crippen LogP contribution in [-0.4, -0.2) is 25.8 Å². The summed E-state index contributed by atoms with van der Waals surface area (Å²) in [5.74, 6) is 1.78. The zero-order valence-electron chi connectivity index (χ0n) is 14.1. The molecule has 26 heavy (non-hydrogen) atoms. The number of fused-ring (bicyclic) bond motifs is 1. The van der Waals surface area contributed by atoms with Crippen molar-refractivity contribution < 1.29 is 4.79 Å². The number of pyridine rings is 1. The number of hydrogen-bond acceptors (Lipinski definition) is 5. The van der Waals surface area contributed by atoms with Crippen LogP contribution in [0.1, 0.15) is 31.0 Å². The molecule has 3 aromatic heterocycles. The fourth-order valence-electron chi connectivity index (χ4n) is 2.99. The summed E-state index contributed by atoms with van der Waals surface area (Å²) in [5, 5.41) is 14.1. The number of carbonyl (C=O) groups is 1. The molecule has 3 aromatic rings. The minimum absolute atomic E-state index is 0.227. The Balaban J connectivity index is 1.38. The molecule has 2 amide bonds. The summed E-state index contributed by atoms with van der Waals surface area (Å²) < 4.78 is 2.80. The highest BCUT2D eigenvalue weighted by Gasteiger charge is 2.22. The Hall–Kier alpha value is -2.45. The molecular weight excluding hydrogens is 372 g/mol. The van der Waals surface area contributed by atoms with Gasteiger partial charge in [-0.05, 0) is 37.6 Å². The lowest BCUT2D eigenvalue weighted by Crippen LogP contribution is -2.32. The second-order valence-electron chi connectivity index (χ2n) is 6.09. The van der Waals surface area contributed by atoms with Crippen molar-refractivity contribution in [1.82, 2.24) is 25.1 Å². The predicted molar refractivity (Wildman–Crippen MR) is 101 cm³/mol. The first-order chi connectivity index (χ1) is 12.6. The van der Waals surface area contributed by atoms with E-state index in [0.29, 0.717) is 5.69 Å². The van der Waals surface area contributed by atoms with Gasteiger partial charge in [-0.2, -0.15) is 0 Å². The molecule has 4 rings (SSSR count). The van der Waals surface area contributed by atoms with Gasteiger partial charge in [0.1, 0.15) is 5.82 Å². The summed E-state index contributed by atoms with van der Waals surface area (Å²) in [6.45, 7) is 2.81. The highest BCUT2D eigenvalue weighted by molar-refractivity contribution is 7.19. The second kappa shape index (κ2) is 7.05. The normalized spacial score (nSPS) is 14.1. The van der Waals surface area contributed by atoms with E-state index < -0.39 is 0 Å². The average Bonchev–Trinajstić information content (AvgIpc) is 3.31. The van der Waals surface area contributed by atoms with Gasteiger partial charge in [0.05, 0.1) is 32.8 Å². The zero-order chi connectivity index (χ0) is 18.1. The van der Waals surface area contributed by atoms with Crippen molar-refractivity contribution in [2.75, 3.05) is 5.32 Å². The molecular formula is C17H17ClN6OS. The summed E-state index contributed by atoms with van der Waals surface area (Å²) in [6.07, 6.45) is 3.64. The van der Waals surface area contributed by atoms with Crippen molar-refractivity contribution in [2.45, 2.75) is 32.4 Å². The van der Waals surface area contributed by atoms with E-state index >= 15 is 0 Å². The lowest BCUT2D eigenvalue weighted by Gasteiger charge is -2.14. The third kappa shape index (κ3) is 3.42. The van der Waals surface area contributed by atoms with E-state index in [-0.39, 0.29) is 12.1 Å². The van der Waals surface area contributed by atoms with Crippen LogP contribution in [0.15, 0.2) is 30.5 Å². The van der Waals surface area contributed by atoms with E-state index in [0.717, 1.165) is 45.9 Å². The number of halogens is 1. The molecule has 1 atom stereocenters. The third-order valence-electron chi connectivity index (χ3n) is 4.22. The van der Waals surface area contributed by atoms with Crippen molar-refractivity contribution >= 4 is 34.7 Å². The number of carbonyl (C=O) groups excluding carboxylic acids is 1. The molecule has 0 saturated heterocycles. The maximum absolute atomic E-state index is 12.3. The maximum atomic E-state index is 12.3. The van der Waals surface area contributed by atoms with Crippen molar-refractivity contribution in [3.8, 4) is 10.6 Å². The summed E-state index contributed by atoms with van der Waals surface area (Å²) >= 11 is 7.42. The lowest BCUT2D eigenvalue weighted by atomic mass is 10.3. The Morgan fingerprint density at radius 3 is 2.92 bits per heavy atom. The smallest absolute Gasteiger partial charge is 0.319 e. The molecule has 1 unspecified atom stereocenters. The van der Waals surface area contributed by atoms with Gasteiger partial charge in [-0.3, -0.25) is 4.98 Å². The van der Waals surface area contributed by atoms with E-state index in [1.807, 2.05) is 31.2 Å². The highest BCUT2D eigenvalue weighted by Crippen LogP contribution is 2.30. The van der Waals surface area contributed by atoms with Crippen molar-refractivity contribution in [3.05, 3.63) is 46.4 Å². The van der Waals surface area contributed by atoms with Gasteiger partial charge in [0.25, 0.3) is 0 Å². The minimum atomic E-state index is -0.304. The van der Waals surface area contributed by atoms with Crippen LogP contribution in [0.4, 0.5) is 10.5 Å². The van der Waals surface area contributed by atoms with E-state index in [4.69, 9.17) is 11.6 Å². The number of anilines is 1. The average molecular weight is 389 g/mol. The van der Waals surface area contributed by atoms with E-state index in [1.165, 1.54) is 11.3 Å². The van der Waals surface area contributed by atoms with Crippen LogP contribution in [0.2, 0.25) is 4.34 Å². The Labute approximate surface area is 159 Å². The standard InChI is InChI=1S/C17H17ClN6OS/c1-10(16-23-22-15-3-2-8-24(15)16)20-17(25)21-11-4-5-12(19-9-11)13-6-7-14(18)26-13/h4-7,9-10H,2-3,8H2,1H3,(H2,20,21,25). The Morgan fingerprint density at radius 2 is 2.19 bits per heavy atom. The number of thiophene rings is 1. The van der Waals surface area contributed by atoms with Crippen molar-refractivity contribution in [1.29, 1.82) is 0 Å². The molecule has 1 aliphatic rings. The number of amides is 2. The summed E-state index contributed by atoms with van der Waals surface area (Å²) in [6, 6.07) is 6.90. The Bertz CT molecular complexity index is 935. The van der Waals surface area contributed by atoms with Gasteiger partial charge in [-0.15, -0.1) is 21.5 Å². The van der Waals surface area contributed by atoms with Gasteiger partial charge in [-0.25, -0.2) is 4.79 Å². The molecule has 9 heteroatoms. The maximum Gasteiger partial charge on any atom is 0.319 e. The predicted octanol–water partition coefficient (Wildman–Crippen LogP) is 3.88. The van der Waals surface area contributed by atoms with Crippen LogP contribution in [0.3, 0.4) is 0 Å². The van der Waals surface area contributed by atoms with Crippen LogP contribution in [0, 0.1) is 0 Å². The van der Waals surface area contributed by atoms with Crippen molar-refractivity contribution in [3.63, 3.8) is 0 Å². The molecule has 2 N–H and O–H groups in total. The van der Waals surface area contributed by atoms with E-state index in [9.17, 15) is 4.79 Å². The number of nitrogens with one attached hydrogen (secondary N) is 2. The number of rotatable bonds is 4. The summed E-state index contributed by atoms with van der Waals surface area (Å²) in [4.78, 5) is 17.6. The topological polar surface area (TPSA) is 84.7 Å². The number of aromatic nitrogens is 4. The Morgan fingerprint density at radius 1 is 1.31 bits per heavy atom. The molecule has 0 saturated carbocycles. The van der Waals surface area contributed by atoms with Gasteiger partial charge < -0.3 is 15.2 Å².